The van der Waals surface area contributed by atoms with E-state index < -0.39 is 6.04 Å². The maximum atomic E-state index is 12.8. The maximum Gasteiger partial charge on any atom is 0.251 e. The third-order valence-corrected chi connectivity index (χ3v) is 5.60. The minimum absolute atomic E-state index is 0.217. The number of nitrogen functional groups attached to an aromatic ring is 1. The van der Waals surface area contributed by atoms with Crippen LogP contribution in [-0.2, 0) is 6.54 Å². The highest BCUT2D eigenvalue weighted by molar-refractivity contribution is 6.31. The van der Waals surface area contributed by atoms with E-state index in [1.807, 2.05) is 38.1 Å². The smallest absolute Gasteiger partial charge is 0.251 e. The Morgan fingerprint density at radius 3 is 2.72 bits per heavy atom. The van der Waals surface area contributed by atoms with Gasteiger partial charge in [-0.2, -0.15) is 0 Å². The first-order valence-electron chi connectivity index (χ1n) is 10.1. The van der Waals surface area contributed by atoms with Gasteiger partial charge in [-0.15, -0.1) is 0 Å². The van der Waals surface area contributed by atoms with Gasteiger partial charge in [-0.3, -0.25) is 14.8 Å². The van der Waals surface area contributed by atoms with E-state index in [2.05, 4.69) is 20.3 Å². The second-order valence-electron chi connectivity index (χ2n) is 7.66. The van der Waals surface area contributed by atoms with Gasteiger partial charge in [0.1, 0.15) is 5.82 Å². The van der Waals surface area contributed by atoms with E-state index >= 15 is 0 Å². The van der Waals surface area contributed by atoms with E-state index in [0.717, 1.165) is 33.3 Å². The Balaban J connectivity index is 1.53. The van der Waals surface area contributed by atoms with Crippen LogP contribution >= 0.6 is 11.6 Å². The first-order valence-corrected chi connectivity index (χ1v) is 10.5. The molecule has 0 saturated carbocycles. The van der Waals surface area contributed by atoms with Crippen LogP contribution in [0.25, 0.3) is 10.9 Å². The summed E-state index contributed by atoms with van der Waals surface area (Å²) in [6.45, 7) is 4.18. The van der Waals surface area contributed by atoms with E-state index in [-0.39, 0.29) is 5.91 Å². The number of nitrogens with one attached hydrogen (secondary N) is 1. The summed E-state index contributed by atoms with van der Waals surface area (Å²) in [5, 5.41) is 4.39. The van der Waals surface area contributed by atoms with Gasteiger partial charge >= 0.3 is 0 Å². The number of benzene rings is 1. The topological polar surface area (TPSA) is 120 Å². The van der Waals surface area contributed by atoms with Crippen LogP contribution in [0.2, 0.25) is 5.02 Å². The van der Waals surface area contributed by atoms with Crippen molar-refractivity contribution >= 4 is 34.2 Å². The number of aryl methyl sites for hydroxylation is 2. The molecule has 32 heavy (non-hydrogen) atoms. The largest absolute Gasteiger partial charge is 0.384 e. The Morgan fingerprint density at radius 1 is 1.12 bits per heavy atom. The summed E-state index contributed by atoms with van der Waals surface area (Å²) in [5.41, 5.74) is 17.7. The third-order valence-electron chi connectivity index (χ3n) is 5.39. The van der Waals surface area contributed by atoms with Gasteiger partial charge in [-0.05, 0) is 66.9 Å². The molecule has 4 aromatic rings. The monoisotopic (exact) mass is 446 g/mol. The maximum absolute atomic E-state index is 12.8. The van der Waals surface area contributed by atoms with Crippen molar-refractivity contribution in [3.63, 3.8) is 0 Å². The number of nitrogens with two attached hydrogens (primary N) is 2. The first-order chi connectivity index (χ1) is 15.3. The summed E-state index contributed by atoms with van der Waals surface area (Å²) in [4.78, 5) is 25.7. The standard InChI is InChI=1S/C24H23ClN6O/c1-13-7-22(26)31-14(2)19(13)12-30-24(32)16-5-6-28-21(10-16)23(27)15-3-4-20-17(8-15)9-18(25)11-29-20/h3-11,23H,12,27H2,1-2H3,(H2,26,31)(H,30,32). The molecule has 8 heteroatoms. The highest BCUT2D eigenvalue weighted by Crippen LogP contribution is 2.24. The van der Waals surface area contributed by atoms with Gasteiger partial charge in [0.15, 0.2) is 0 Å². The van der Waals surface area contributed by atoms with Gasteiger partial charge < -0.3 is 16.8 Å². The zero-order valence-electron chi connectivity index (χ0n) is 17.8. The van der Waals surface area contributed by atoms with Gasteiger partial charge in [0.2, 0.25) is 0 Å². The number of hydrogen-bond acceptors (Lipinski definition) is 6. The molecule has 0 spiro atoms. The molecule has 1 atom stereocenters. The van der Waals surface area contributed by atoms with Gasteiger partial charge in [-0.1, -0.05) is 17.7 Å². The van der Waals surface area contributed by atoms with Crippen molar-refractivity contribution in [3.05, 3.63) is 93.5 Å². The predicted molar refractivity (Wildman–Crippen MR) is 126 cm³/mol. The number of rotatable bonds is 5. The number of anilines is 1. The number of nitrogens with zero attached hydrogens (tertiary/aromatic N) is 3. The molecule has 0 fully saturated rings. The highest BCUT2D eigenvalue weighted by Gasteiger charge is 2.15. The predicted octanol–water partition coefficient (Wildman–Crippen LogP) is 3.86. The van der Waals surface area contributed by atoms with Crippen LogP contribution in [0.1, 0.15) is 44.5 Å². The average Bonchev–Trinajstić information content (AvgIpc) is 2.77. The zero-order valence-corrected chi connectivity index (χ0v) is 18.5. The summed E-state index contributed by atoms with van der Waals surface area (Å²) in [7, 11) is 0. The van der Waals surface area contributed by atoms with Crippen LogP contribution in [0, 0.1) is 13.8 Å². The Bertz CT molecular complexity index is 1300. The van der Waals surface area contributed by atoms with Crippen molar-refractivity contribution in [2.24, 2.45) is 5.73 Å². The molecule has 0 aliphatic carbocycles. The number of hydrogen-bond donors (Lipinski definition) is 3. The normalized spacial score (nSPS) is 12.0. The molecule has 162 valence electrons. The summed E-state index contributed by atoms with van der Waals surface area (Å²) in [5.74, 6) is 0.251. The lowest BCUT2D eigenvalue weighted by molar-refractivity contribution is 0.0950. The van der Waals surface area contributed by atoms with Crippen LogP contribution in [0.15, 0.2) is 54.9 Å². The second kappa shape index (κ2) is 8.90. The average molecular weight is 447 g/mol. The van der Waals surface area contributed by atoms with E-state index in [1.165, 1.54) is 0 Å². The van der Waals surface area contributed by atoms with Crippen molar-refractivity contribution in [1.82, 2.24) is 20.3 Å². The lowest BCUT2D eigenvalue weighted by Crippen LogP contribution is -2.24. The van der Waals surface area contributed by atoms with E-state index in [4.69, 9.17) is 23.1 Å². The van der Waals surface area contributed by atoms with Gasteiger partial charge in [0.25, 0.3) is 5.91 Å². The van der Waals surface area contributed by atoms with Crippen LogP contribution in [0.5, 0.6) is 0 Å². The van der Waals surface area contributed by atoms with Crippen LogP contribution in [-0.4, -0.2) is 20.9 Å². The molecule has 0 aliphatic heterocycles. The number of carbonyl (C=O) groups excluding carboxylic acids is 1. The van der Waals surface area contributed by atoms with Crippen LogP contribution < -0.4 is 16.8 Å². The molecule has 7 nitrogen and oxygen atoms in total. The highest BCUT2D eigenvalue weighted by atomic mass is 35.5. The number of halogens is 1. The van der Waals surface area contributed by atoms with Gasteiger partial charge in [0, 0.05) is 35.6 Å². The van der Waals surface area contributed by atoms with E-state index in [0.29, 0.717) is 28.6 Å². The van der Waals surface area contributed by atoms with Crippen molar-refractivity contribution in [2.75, 3.05) is 5.73 Å². The number of pyridine rings is 3. The minimum Gasteiger partial charge on any atom is -0.384 e. The molecule has 3 aromatic heterocycles. The van der Waals surface area contributed by atoms with Crippen molar-refractivity contribution in [3.8, 4) is 0 Å². The fraction of sp³-hybridized carbons (Fsp3) is 0.167. The number of fused-ring (bicyclic) bond motifs is 1. The summed E-state index contributed by atoms with van der Waals surface area (Å²) in [6, 6.07) is 12.2. The Kier molecular flexibility index (Phi) is 6.03. The molecule has 0 bridgehead atoms. The van der Waals surface area contributed by atoms with E-state index in [9.17, 15) is 4.79 Å². The van der Waals surface area contributed by atoms with Gasteiger partial charge in [0.05, 0.1) is 22.3 Å². The fourth-order valence-corrected chi connectivity index (χ4v) is 3.84. The number of aromatic nitrogens is 3. The molecule has 1 amide bonds. The lowest BCUT2D eigenvalue weighted by atomic mass is 10.0. The molecule has 4 rings (SSSR count). The summed E-state index contributed by atoms with van der Waals surface area (Å²) < 4.78 is 0. The summed E-state index contributed by atoms with van der Waals surface area (Å²) >= 11 is 6.06. The SMILES string of the molecule is Cc1cc(N)nc(C)c1CNC(=O)c1ccnc(C(N)c2ccc3ncc(Cl)cc3c2)c1. The summed E-state index contributed by atoms with van der Waals surface area (Å²) in [6.07, 6.45) is 3.20. The lowest BCUT2D eigenvalue weighted by Gasteiger charge is -2.14. The van der Waals surface area contributed by atoms with Gasteiger partial charge in [-0.25, -0.2) is 4.98 Å². The van der Waals surface area contributed by atoms with Crippen molar-refractivity contribution in [1.29, 1.82) is 0 Å². The van der Waals surface area contributed by atoms with Crippen LogP contribution in [0.4, 0.5) is 5.82 Å². The Hall–Kier alpha value is -3.55. The molecule has 0 radical (unpaired) electrons. The molecule has 0 saturated heterocycles. The minimum atomic E-state index is -0.503. The molecular formula is C24H23ClN6O. The molecule has 3 heterocycles. The van der Waals surface area contributed by atoms with Crippen molar-refractivity contribution < 1.29 is 4.79 Å². The molecule has 5 N–H and O–H groups in total. The molecule has 1 aromatic carbocycles. The Labute approximate surface area is 190 Å². The molecule has 0 aliphatic rings. The number of amides is 1. The van der Waals surface area contributed by atoms with Crippen molar-refractivity contribution in [2.45, 2.75) is 26.4 Å². The quantitative estimate of drug-likeness (QED) is 0.428. The Morgan fingerprint density at radius 2 is 1.94 bits per heavy atom. The fourth-order valence-electron chi connectivity index (χ4n) is 3.67. The van der Waals surface area contributed by atoms with E-state index in [1.54, 1.807) is 30.6 Å². The third kappa shape index (κ3) is 4.54. The zero-order chi connectivity index (χ0) is 22.8. The van der Waals surface area contributed by atoms with Crippen LogP contribution in [0.3, 0.4) is 0 Å². The molecule has 1 unspecified atom stereocenters. The second-order valence-corrected chi connectivity index (χ2v) is 8.10. The molecular weight excluding hydrogens is 424 g/mol. The first kappa shape index (κ1) is 21.7. The number of carbonyl (C=O) groups is 1.